The highest BCUT2D eigenvalue weighted by atomic mass is 35.5. The number of nitrogens with one attached hydrogen (secondary N) is 1. The Hall–Kier alpha value is -3.07. The highest BCUT2D eigenvalue weighted by Crippen LogP contribution is 2.26. The standard InChI is InChI=1S/C29H33Cl2N3O4S/c1-4-5-16-32-29(36)22(3)33(19-23-9-7-10-25(31)18-23)28(35)20-34(26-11-6-8-21(2)17-26)39(37,38)27-14-12-24(30)13-15-27/h6-15,17-18,22H,4-5,16,19-20H2,1-3H3,(H,32,36). The molecule has 0 aliphatic carbocycles. The van der Waals surface area contributed by atoms with Crippen LogP contribution in [-0.2, 0) is 26.2 Å². The fourth-order valence-electron chi connectivity index (χ4n) is 4.00. The summed E-state index contributed by atoms with van der Waals surface area (Å²) >= 11 is 12.2. The first-order chi connectivity index (χ1) is 18.5. The lowest BCUT2D eigenvalue weighted by molar-refractivity contribution is -0.139. The predicted molar refractivity (Wildman–Crippen MR) is 157 cm³/mol. The van der Waals surface area contributed by atoms with Gasteiger partial charge in [-0.15, -0.1) is 0 Å². The molecule has 2 amide bonds. The van der Waals surface area contributed by atoms with Crippen molar-refractivity contribution in [2.75, 3.05) is 17.4 Å². The Kier molecular flexibility index (Phi) is 10.8. The minimum atomic E-state index is -4.15. The Balaban J connectivity index is 2.00. The van der Waals surface area contributed by atoms with Crippen LogP contribution < -0.4 is 9.62 Å². The smallest absolute Gasteiger partial charge is 0.264 e. The molecule has 10 heteroatoms. The van der Waals surface area contributed by atoms with Crippen LogP contribution in [0.2, 0.25) is 10.0 Å². The van der Waals surface area contributed by atoms with E-state index in [1.165, 1.54) is 29.2 Å². The third kappa shape index (κ3) is 8.21. The minimum Gasteiger partial charge on any atom is -0.354 e. The number of carbonyl (C=O) groups is 2. The van der Waals surface area contributed by atoms with Crippen molar-refractivity contribution >= 4 is 50.7 Å². The number of hydrogen-bond acceptors (Lipinski definition) is 4. The number of aryl methyl sites for hydroxylation is 1. The molecule has 0 spiro atoms. The molecule has 0 saturated heterocycles. The zero-order chi connectivity index (χ0) is 28.6. The van der Waals surface area contributed by atoms with Crippen molar-refractivity contribution in [1.82, 2.24) is 10.2 Å². The van der Waals surface area contributed by atoms with Crippen molar-refractivity contribution in [1.29, 1.82) is 0 Å². The van der Waals surface area contributed by atoms with Crippen molar-refractivity contribution in [3.63, 3.8) is 0 Å². The van der Waals surface area contributed by atoms with E-state index in [1.807, 2.05) is 19.9 Å². The van der Waals surface area contributed by atoms with Gasteiger partial charge in [0.15, 0.2) is 0 Å². The number of unbranched alkanes of at least 4 members (excludes halogenated alkanes) is 1. The van der Waals surface area contributed by atoms with Gasteiger partial charge in [-0.1, -0.05) is 60.8 Å². The maximum Gasteiger partial charge on any atom is 0.264 e. The molecule has 0 saturated carbocycles. The summed E-state index contributed by atoms with van der Waals surface area (Å²) < 4.78 is 28.7. The zero-order valence-electron chi connectivity index (χ0n) is 22.2. The number of anilines is 1. The van der Waals surface area contributed by atoms with Gasteiger partial charge in [-0.05, 0) is 79.9 Å². The third-order valence-electron chi connectivity index (χ3n) is 6.21. The van der Waals surface area contributed by atoms with Gasteiger partial charge in [0.25, 0.3) is 10.0 Å². The lowest BCUT2D eigenvalue weighted by Crippen LogP contribution is -2.51. The van der Waals surface area contributed by atoms with Gasteiger partial charge in [0.1, 0.15) is 12.6 Å². The Bertz CT molecular complexity index is 1400. The first kappa shape index (κ1) is 30.5. The first-order valence-corrected chi connectivity index (χ1v) is 14.9. The van der Waals surface area contributed by atoms with Crippen LogP contribution in [0.15, 0.2) is 77.7 Å². The maximum absolute atomic E-state index is 13.9. The second-order valence-corrected chi connectivity index (χ2v) is 12.0. The van der Waals surface area contributed by atoms with Crippen molar-refractivity contribution < 1.29 is 18.0 Å². The zero-order valence-corrected chi connectivity index (χ0v) is 24.6. The SMILES string of the molecule is CCCCNC(=O)C(C)N(Cc1cccc(Cl)c1)C(=O)CN(c1cccc(C)c1)S(=O)(=O)c1ccc(Cl)cc1. The van der Waals surface area contributed by atoms with E-state index in [1.54, 1.807) is 49.4 Å². The summed E-state index contributed by atoms with van der Waals surface area (Å²) in [5.41, 5.74) is 1.88. The molecule has 3 rings (SSSR count). The molecule has 0 bridgehead atoms. The third-order valence-corrected chi connectivity index (χ3v) is 8.48. The molecule has 0 heterocycles. The molecule has 7 nitrogen and oxygen atoms in total. The fraction of sp³-hybridized carbons (Fsp3) is 0.310. The van der Waals surface area contributed by atoms with Crippen LogP contribution in [0.3, 0.4) is 0 Å². The highest BCUT2D eigenvalue weighted by Gasteiger charge is 2.32. The van der Waals surface area contributed by atoms with E-state index in [0.717, 1.165) is 22.7 Å². The number of sulfonamides is 1. The summed E-state index contributed by atoms with van der Waals surface area (Å²) in [6.07, 6.45) is 1.72. The topological polar surface area (TPSA) is 86.8 Å². The van der Waals surface area contributed by atoms with Gasteiger partial charge < -0.3 is 10.2 Å². The molecule has 0 radical (unpaired) electrons. The van der Waals surface area contributed by atoms with Crippen LogP contribution in [0.25, 0.3) is 0 Å². The van der Waals surface area contributed by atoms with Gasteiger partial charge >= 0.3 is 0 Å². The molecule has 0 aliphatic heterocycles. The fourth-order valence-corrected chi connectivity index (χ4v) is 5.74. The summed E-state index contributed by atoms with van der Waals surface area (Å²) in [6, 6.07) is 18.8. The molecule has 1 unspecified atom stereocenters. The average Bonchev–Trinajstić information content (AvgIpc) is 2.90. The Labute approximate surface area is 240 Å². The molecule has 0 aliphatic rings. The van der Waals surface area contributed by atoms with Crippen LogP contribution in [0, 0.1) is 6.92 Å². The van der Waals surface area contributed by atoms with Crippen LogP contribution in [-0.4, -0.2) is 44.3 Å². The number of carbonyl (C=O) groups excluding carboxylic acids is 2. The number of benzene rings is 3. The van der Waals surface area contributed by atoms with E-state index in [0.29, 0.717) is 27.8 Å². The van der Waals surface area contributed by atoms with E-state index < -0.39 is 28.5 Å². The largest absolute Gasteiger partial charge is 0.354 e. The first-order valence-electron chi connectivity index (χ1n) is 12.7. The van der Waals surface area contributed by atoms with Gasteiger partial charge in [0.05, 0.1) is 10.6 Å². The molecule has 3 aromatic carbocycles. The molecule has 0 aromatic heterocycles. The summed E-state index contributed by atoms with van der Waals surface area (Å²) in [4.78, 5) is 28.3. The number of hydrogen-bond donors (Lipinski definition) is 1. The van der Waals surface area contributed by atoms with Crippen molar-refractivity contribution in [3.8, 4) is 0 Å². The molecule has 1 N–H and O–H groups in total. The number of halogens is 2. The van der Waals surface area contributed by atoms with Crippen molar-refractivity contribution in [2.24, 2.45) is 0 Å². The Morgan fingerprint density at radius 3 is 2.28 bits per heavy atom. The van der Waals surface area contributed by atoms with Gasteiger partial charge in [-0.25, -0.2) is 8.42 Å². The molecule has 39 heavy (non-hydrogen) atoms. The lowest BCUT2D eigenvalue weighted by Gasteiger charge is -2.32. The van der Waals surface area contributed by atoms with Crippen LogP contribution in [0.4, 0.5) is 5.69 Å². The molecule has 1 atom stereocenters. The van der Waals surface area contributed by atoms with Crippen LogP contribution in [0.1, 0.15) is 37.8 Å². The molecular formula is C29H33Cl2N3O4S. The predicted octanol–water partition coefficient (Wildman–Crippen LogP) is 5.83. The lowest BCUT2D eigenvalue weighted by atomic mass is 10.1. The molecule has 3 aromatic rings. The normalized spacial score (nSPS) is 12.0. The van der Waals surface area contributed by atoms with E-state index in [-0.39, 0.29) is 17.3 Å². The van der Waals surface area contributed by atoms with Gasteiger partial charge in [-0.3, -0.25) is 13.9 Å². The summed E-state index contributed by atoms with van der Waals surface area (Å²) in [6.45, 7) is 5.54. The van der Waals surface area contributed by atoms with E-state index >= 15 is 0 Å². The molecule has 208 valence electrons. The number of nitrogens with zero attached hydrogens (tertiary/aromatic N) is 2. The van der Waals surface area contributed by atoms with E-state index in [9.17, 15) is 18.0 Å². The molecule has 0 fully saturated rings. The second-order valence-electron chi connectivity index (χ2n) is 9.28. The average molecular weight is 591 g/mol. The quantitative estimate of drug-likeness (QED) is 0.269. The number of amides is 2. The summed E-state index contributed by atoms with van der Waals surface area (Å²) in [5, 5.41) is 3.75. The minimum absolute atomic E-state index is 0.00652. The Morgan fingerprint density at radius 1 is 0.949 bits per heavy atom. The maximum atomic E-state index is 13.9. The van der Waals surface area contributed by atoms with Gasteiger partial charge in [-0.2, -0.15) is 0 Å². The van der Waals surface area contributed by atoms with Crippen LogP contribution >= 0.6 is 23.2 Å². The van der Waals surface area contributed by atoms with Gasteiger partial charge in [0.2, 0.25) is 11.8 Å². The van der Waals surface area contributed by atoms with Crippen LogP contribution in [0.5, 0.6) is 0 Å². The van der Waals surface area contributed by atoms with E-state index in [2.05, 4.69) is 5.32 Å². The Morgan fingerprint density at radius 2 is 1.64 bits per heavy atom. The summed E-state index contributed by atoms with van der Waals surface area (Å²) in [7, 11) is -4.15. The second kappa shape index (κ2) is 13.8. The molecular weight excluding hydrogens is 557 g/mol. The van der Waals surface area contributed by atoms with Crippen molar-refractivity contribution in [3.05, 3.63) is 94.0 Å². The van der Waals surface area contributed by atoms with E-state index in [4.69, 9.17) is 23.2 Å². The number of rotatable bonds is 12. The summed E-state index contributed by atoms with van der Waals surface area (Å²) in [5.74, 6) is -0.853. The van der Waals surface area contributed by atoms with Gasteiger partial charge in [0, 0.05) is 23.1 Å². The van der Waals surface area contributed by atoms with Crippen molar-refractivity contribution in [2.45, 2.75) is 51.1 Å². The monoisotopic (exact) mass is 589 g/mol. The highest BCUT2D eigenvalue weighted by molar-refractivity contribution is 7.92.